The zero-order valence-corrected chi connectivity index (χ0v) is 11.6. The van der Waals surface area contributed by atoms with Crippen molar-refractivity contribution in [2.45, 2.75) is 6.92 Å². The maximum Gasteiger partial charge on any atom is 0.348 e. The summed E-state index contributed by atoms with van der Waals surface area (Å²) >= 11 is 1.13. The molecular formula is C13H13NO4S. The molecule has 0 fully saturated rings. The van der Waals surface area contributed by atoms with Gasteiger partial charge in [0.15, 0.2) is 0 Å². The Bertz CT molecular complexity index is 599. The monoisotopic (exact) mass is 279 g/mol. The Hall–Kier alpha value is -2.08. The third-order valence-electron chi connectivity index (χ3n) is 2.59. The number of thiazole rings is 1. The van der Waals surface area contributed by atoms with Gasteiger partial charge in [-0.15, -0.1) is 11.3 Å². The minimum absolute atomic E-state index is 0.181. The highest BCUT2D eigenvalue weighted by Gasteiger charge is 2.23. The molecule has 1 N–H and O–H groups in total. The quantitative estimate of drug-likeness (QED) is 0.932. The van der Waals surface area contributed by atoms with Crippen LogP contribution >= 0.6 is 11.3 Å². The second-order valence-electron chi connectivity index (χ2n) is 3.75. The molecule has 0 spiro atoms. The predicted octanol–water partition coefficient (Wildman–Crippen LogP) is 2.83. The van der Waals surface area contributed by atoms with Crippen LogP contribution in [0.1, 0.15) is 14.7 Å². The molecule has 0 aliphatic rings. The number of hydrogen-bond donors (Lipinski definition) is 1. The smallest absolute Gasteiger partial charge is 0.348 e. The maximum absolute atomic E-state index is 11.3. The molecule has 1 heterocycles. The van der Waals surface area contributed by atoms with Crippen molar-refractivity contribution in [3.05, 3.63) is 28.1 Å². The molecule has 100 valence electrons. The van der Waals surface area contributed by atoms with Gasteiger partial charge in [-0.25, -0.2) is 9.78 Å². The van der Waals surface area contributed by atoms with E-state index in [9.17, 15) is 9.90 Å². The minimum Gasteiger partial charge on any atom is -0.496 e. The van der Waals surface area contributed by atoms with Crippen LogP contribution in [-0.4, -0.2) is 30.3 Å². The van der Waals surface area contributed by atoms with Crippen molar-refractivity contribution >= 4 is 17.3 Å². The lowest BCUT2D eigenvalue weighted by Gasteiger charge is -2.11. The van der Waals surface area contributed by atoms with Crippen molar-refractivity contribution < 1.29 is 19.4 Å². The Morgan fingerprint density at radius 2 is 1.84 bits per heavy atom. The van der Waals surface area contributed by atoms with E-state index in [4.69, 9.17) is 9.47 Å². The van der Waals surface area contributed by atoms with Gasteiger partial charge < -0.3 is 14.6 Å². The summed E-state index contributed by atoms with van der Waals surface area (Å²) in [7, 11) is 3.05. The number of rotatable bonds is 4. The largest absolute Gasteiger partial charge is 0.496 e. The summed E-state index contributed by atoms with van der Waals surface area (Å²) < 4.78 is 10.6. The standard InChI is InChI=1S/C13H13NO4S/c1-7-14-11(12(19-7)13(15)16)10-8(17-2)5-4-6-9(10)18-3/h4-6H,1-3H3,(H,15,16). The molecule has 6 heteroatoms. The topological polar surface area (TPSA) is 68.7 Å². The number of aromatic carboxylic acids is 1. The Labute approximate surface area is 114 Å². The number of benzene rings is 1. The van der Waals surface area contributed by atoms with Crippen LogP contribution in [0.25, 0.3) is 11.3 Å². The molecular weight excluding hydrogens is 266 g/mol. The molecule has 19 heavy (non-hydrogen) atoms. The van der Waals surface area contributed by atoms with Crippen LogP contribution in [0.5, 0.6) is 11.5 Å². The molecule has 1 aromatic heterocycles. The zero-order chi connectivity index (χ0) is 14.0. The Morgan fingerprint density at radius 1 is 1.26 bits per heavy atom. The highest BCUT2D eigenvalue weighted by molar-refractivity contribution is 7.14. The molecule has 0 aliphatic heterocycles. The van der Waals surface area contributed by atoms with Gasteiger partial charge in [-0.2, -0.15) is 0 Å². The van der Waals surface area contributed by atoms with Gasteiger partial charge in [-0.1, -0.05) is 6.07 Å². The van der Waals surface area contributed by atoms with Gasteiger partial charge in [0.2, 0.25) is 0 Å². The third kappa shape index (κ3) is 2.39. The van der Waals surface area contributed by atoms with Crippen LogP contribution < -0.4 is 9.47 Å². The fourth-order valence-corrected chi connectivity index (χ4v) is 2.59. The first-order chi connectivity index (χ1) is 9.08. The molecule has 0 amide bonds. The van der Waals surface area contributed by atoms with Crippen LogP contribution in [0.2, 0.25) is 0 Å². The maximum atomic E-state index is 11.3. The number of carboxylic acid groups (broad SMARTS) is 1. The van der Waals surface area contributed by atoms with Gasteiger partial charge in [0.05, 0.1) is 24.8 Å². The summed E-state index contributed by atoms with van der Waals surface area (Å²) in [6, 6.07) is 5.27. The molecule has 0 radical (unpaired) electrons. The molecule has 2 rings (SSSR count). The van der Waals surface area contributed by atoms with E-state index in [2.05, 4.69) is 4.98 Å². The number of nitrogens with zero attached hydrogens (tertiary/aromatic N) is 1. The van der Waals surface area contributed by atoms with Crippen molar-refractivity contribution in [2.24, 2.45) is 0 Å². The summed E-state index contributed by atoms with van der Waals surface area (Å²) in [4.78, 5) is 15.8. The molecule has 0 atom stereocenters. The van der Waals surface area contributed by atoms with Crippen LogP contribution in [0.4, 0.5) is 0 Å². The molecule has 0 bridgehead atoms. The van der Waals surface area contributed by atoms with E-state index in [1.54, 1.807) is 25.1 Å². The van der Waals surface area contributed by atoms with Crippen LogP contribution in [-0.2, 0) is 0 Å². The zero-order valence-electron chi connectivity index (χ0n) is 10.8. The lowest BCUT2D eigenvalue weighted by atomic mass is 10.1. The van der Waals surface area contributed by atoms with E-state index in [-0.39, 0.29) is 4.88 Å². The van der Waals surface area contributed by atoms with E-state index >= 15 is 0 Å². The van der Waals surface area contributed by atoms with Gasteiger partial charge in [-0.3, -0.25) is 0 Å². The van der Waals surface area contributed by atoms with E-state index in [0.29, 0.717) is 27.8 Å². The van der Waals surface area contributed by atoms with Gasteiger partial charge in [-0.05, 0) is 19.1 Å². The van der Waals surface area contributed by atoms with Crippen molar-refractivity contribution in [2.75, 3.05) is 14.2 Å². The fourth-order valence-electron chi connectivity index (χ4n) is 1.83. The molecule has 0 saturated heterocycles. The van der Waals surface area contributed by atoms with Crippen molar-refractivity contribution in [1.82, 2.24) is 4.98 Å². The van der Waals surface area contributed by atoms with Gasteiger partial charge >= 0.3 is 5.97 Å². The number of carbonyl (C=O) groups is 1. The van der Waals surface area contributed by atoms with Crippen LogP contribution in [0, 0.1) is 6.92 Å². The SMILES string of the molecule is COc1cccc(OC)c1-c1nc(C)sc1C(=O)O. The second kappa shape index (κ2) is 5.27. The van der Waals surface area contributed by atoms with E-state index in [1.165, 1.54) is 14.2 Å². The second-order valence-corrected chi connectivity index (χ2v) is 4.96. The Kier molecular flexibility index (Phi) is 3.71. The number of carboxylic acids is 1. The Morgan fingerprint density at radius 3 is 2.32 bits per heavy atom. The van der Waals surface area contributed by atoms with E-state index in [0.717, 1.165) is 11.3 Å². The normalized spacial score (nSPS) is 10.3. The number of ether oxygens (including phenoxy) is 2. The summed E-state index contributed by atoms with van der Waals surface area (Å²) in [5.41, 5.74) is 0.943. The van der Waals surface area contributed by atoms with E-state index < -0.39 is 5.97 Å². The third-order valence-corrected chi connectivity index (χ3v) is 3.55. The molecule has 0 aliphatic carbocycles. The Balaban J connectivity index is 2.74. The molecule has 2 aromatic rings. The average molecular weight is 279 g/mol. The predicted molar refractivity (Wildman–Crippen MR) is 72.4 cm³/mol. The highest BCUT2D eigenvalue weighted by atomic mass is 32.1. The molecule has 5 nitrogen and oxygen atoms in total. The lowest BCUT2D eigenvalue weighted by molar-refractivity contribution is 0.0702. The summed E-state index contributed by atoms with van der Waals surface area (Å²) in [6.45, 7) is 1.77. The average Bonchev–Trinajstić information content (AvgIpc) is 2.79. The first kappa shape index (κ1) is 13.4. The van der Waals surface area contributed by atoms with E-state index in [1.807, 2.05) is 0 Å². The lowest BCUT2D eigenvalue weighted by Crippen LogP contribution is -1.99. The number of hydrogen-bond acceptors (Lipinski definition) is 5. The summed E-state index contributed by atoms with van der Waals surface area (Å²) in [5, 5.41) is 9.94. The first-order valence-corrected chi connectivity index (χ1v) is 6.32. The first-order valence-electron chi connectivity index (χ1n) is 5.50. The van der Waals surface area contributed by atoms with Crippen LogP contribution in [0.3, 0.4) is 0 Å². The number of methoxy groups -OCH3 is 2. The highest BCUT2D eigenvalue weighted by Crippen LogP contribution is 2.40. The van der Waals surface area contributed by atoms with Crippen LogP contribution in [0.15, 0.2) is 18.2 Å². The van der Waals surface area contributed by atoms with Gasteiger partial charge in [0, 0.05) is 0 Å². The molecule has 0 unspecified atom stereocenters. The number of aromatic nitrogens is 1. The minimum atomic E-state index is -1.01. The number of aryl methyl sites for hydroxylation is 1. The summed E-state index contributed by atoms with van der Waals surface area (Å²) in [6.07, 6.45) is 0. The summed E-state index contributed by atoms with van der Waals surface area (Å²) in [5.74, 6) is 0.0628. The fraction of sp³-hybridized carbons (Fsp3) is 0.231. The van der Waals surface area contributed by atoms with Gasteiger partial charge in [0.1, 0.15) is 22.1 Å². The van der Waals surface area contributed by atoms with Crippen molar-refractivity contribution in [3.8, 4) is 22.8 Å². The molecule has 0 saturated carbocycles. The van der Waals surface area contributed by atoms with Crippen molar-refractivity contribution in [3.63, 3.8) is 0 Å². The van der Waals surface area contributed by atoms with Gasteiger partial charge in [0.25, 0.3) is 0 Å². The molecule has 1 aromatic carbocycles. The van der Waals surface area contributed by atoms with Crippen molar-refractivity contribution in [1.29, 1.82) is 0 Å².